The molecule has 0 saturated heterocycles. The fourth-order valence-corrected chi connectivity index (χ4v) is 0.873. The van der Waals surface area contributed by atoms with E-state index in [1.807, 2.05) is 26.0 Å². The smallest absolute Gasteiger partial charge is 0.337 e. The monoisotopic (exact) mass is 192 g/mol. The van der Waals surface area contributed by atoms with E-state index in [1.165, 1.54) is 7.11 Å². The molecule has 0 radical (unpaired) electrons. The molecule has 2 nitrogen and oxygen atoms in total. The molecule has 0 aliphatic carbocycles. The molecule has 0 heterocycles. The maximum Gasteiger partial charge on any atom is 0.337 e. The van der Waals surface area contributed by atoms with E-state index in [0.29, 0.717) is 5.56 Å². The van der Waals surface area contributed by atoms with Gasteiger partial charge in [-0.2, -0.15) is 0 Å². The molecule has 0 saturated carbocycles. The van der Waals surface area contributed by atoms with Gasteiger partial charge in [0.25, 0.3) is 0 Å². The lowest BCUT2D eigenvalue weighted by Gasteiger charge is -1.98. The molecule has 0 atom stereocenters. The van der Waals surface area contributed by atoms with Crippen molar-refractivity contribution in [1.82, 2.24) is 0 Å². The van der Waals surface area contributed by atoms with Gasteiger partial charge in [-0.3, -0.25) is 0 Å². The van der Waals surface area contributed by atoms with Crippen molar-refractivity contribution in [3.8, 4) is 0 Å². The van der Waals surface area contributed by atoms with Crippen LogP contribution in [0.4, 0.5) is 0 Å². The molecule has 0 aliphatic rings. The highest BCUT2D eigenvalue weighted by Gasteiger charge is 2.02. The summed E-state index contributed by atoms with van der Waals surface area (Å²) in [5.41, 5.74) is 1.55. The summed E-state index contributed by atoms with van der Waals surface area (Å²) in [6.07, 6.45) is 1.72. The average Bonchev–Trinajstić information content (AvgIpc) is 2.31. The molecule has 0 amide bonds. The van der Waals surface area contributed by atoms with Crippen LogP contribution in [0.25, 0.3) is 6.08 Å². The number of methoxy groups -OCH3 is 1. The van der Waals surface area contributed by atoms with E-state index in [-0.39, 0.29) is 5.97 Å². The predicted octanol–water partition coefficient (Wildman–Crippen LogP) is 3.14. The van der Waals surface area contributed by atoms with Crippen LogP contribution in [-0.4, -0.2) is 13.1 Å². The van der Waals surface area contributed by atoms with Crippen molar-refractivity contribution in [2.75, 3.05) is 7.11 Å². The molecule has 0 fully saturated rings. The van der Waals surface area contributed by atoms with Gasteiger partial charge in [0.05, 0.1) is 12.7 Å². The number of benzene rings is 1. The minimum Gasteiger partial charge on any atom is -0.465 e. The Labute approximate surface area is 85.2 Å². The van der Waals surface area contributed by atoms with Crippen LogP contribution in [-0.2, 0) is 4.74 Å². The molecule has 1 rings (SSSR count). The van der Waals surface area contributed by atoms with Crippen LogP contribution >= 0.6 is 0 Å². The number of carbonyl (C=O) groups is 1. The van der Waals surface area contributed by atoms with E-state index >= 15 is 0 Å². The molecule has 14 heavy (non-hydrogen) atoms. The molecule has 0 aliphatic heterocycles. The summed E-state index contributed by atoms with van der Waals surface area (Å²) < 4.78 is 4.54. The Morgan fingerprint density at radius 3 is 2.14 bits per heavy atom. The van der Waals surface area contributed by atoms with Crippen LogP contribution in [0.2, 0.25) is 0 Å². The second-order valence-corrected chi connectivity index (χ2v) is 2.32. The van der Waals surface area contributed by atoms with Crippen molar-refractivity contribution in [3.63, 3.8) is 0 Å². The normalized spacial score (nSPS) is 8.21. The SMILES string of the molecule is C=Cc1ccc(C(=O)OC)cc1.CC. The number of hydrogen-bond acceptors (Lipinski definition) is 2. The van der Waals surface area contributed by atoms with E-state index in [1.54, 1.807) is 18.2 Å². The van der Waals surface area contributed by atoms with Crippen molar-refractivity contribution in [2.45, 2.75) is 13.8 Å². The number of carbonyl (C=O) groups excluding carboxylic acids is 1. The van der Waals surface area contributed by atoms with Gasteiger partial charge in [-0.25, -0.2) is 4.79 Å². The second-order valence-electron chi connectivity index (χ2n) is 2.32. The van der Waals surface area contributed by atoms with Crippen LogP contribution in [0, 0.1) is 0 Å². The molecular weight excluding hydrogens is 176 g/mol. The van der Waals surface area contributed by atoms with Gasteiger partial charge in [0.15, 0.2) is 0 Å². The van der Waals surface area contributed by atoms with Gasteiger partial charge in [0.1, 0.15) is 0 Å². The first-order chi connectivity index (χ1) is 6.77. The standard InChI is InChI=1S/C10H10O2.C2H6/c1-3-8-4-6-9(7-5-8)10(11)12-2;1-2/h3-7H,1H2,2H3;1-2H3. The molecule has 76 valence electrons. The number of rotatable bonds is 2. The molecule has 0 aromatic heterocycles. The van der Waals surface area contributed by atoms with Crippen LogP contribution in [0.5, 0.6) is 0 Å². The predicted molar refractivity (Wildman–Crippen MR) is 59.2 cm³/mol. The Morgan fingerprint density at radius 1 is 1.29 bits per heavy atom. The zero-order valence-corrected chi connectivity index (χ0v) is 8.91. The highest BCUT2D eigenvalue weighted by molar-refractivity contribution is 5.89. The Bertz CT molecular complexity index is 286. The number of hydrogen-bond donors (Lipinski definition) is 0. The van der Waals surface area contributed by atoms with Gasteiger partial charge in [-0.15, -0.1) is 0 Å². The summed E-state index contributed by atoms with van der Waals surface area (Å²) >= 11 is 0. The van der Waals surface area contributed by atoms with Gasteiger partial charge in [0.2, 0.25) is 0 Å². The Hall–Kier alpha value is -1.57. The highest BCUT2D eigenvalue weighted by Crippen LogP contribution is 2.05. The fraction of sp³-hybridized carbons (Fsp3) is 0.250. The lowest BCUT2D eigenvalue weighted by molar-refractivity contribution is 0.0601. The molecule has 2 heteroatoms. The van der Waals surface area contributed by atoms with E-state index in [0.717, 1.165) is 5.56 Å². The minimum absolute atomic E-state index is 0.314. The van der Waals surface area contributed by atoms with Crippen molar-refractivity contribution >= 4 is 12.0 Å². The molecule has 1 aromatic rings. The van der Waals surface area contributed by atoms with Crippen molar-refractivity contribution < 1.29 is 9.53 Å². The zero-order valence-electron chi connectivity index (χ0n) is 8.91. The minimum atomic E-state index is -0.314. The maximum atomic E-state index is 11.0. The third-order valence-corrected chi connectivity index (χ3v) is 1.57. The fourth-order valence-electron chi connectivity index (χ4n) is 0.873. The summed E-state index contributed by atoms with van der Waals surface area (Å²) in [7, 11) is 1.36. The van der Waals surface area contributed by atoms with Gasteiger partial charge < -0.3 is 4.74 Å². The summed E-state index contributed by atoms with van der Waals surface area (Å²) in [5, 5.41) is 0. The van der Waals surface area contributed by atoms with Gasteiger partial charge in [-0.1, -0.05) is 38.6 Å². The first kappa shape index (κ1) is 12.4. The topological polar surface area (TPSA) is 26.3 Å². The van der Waals surface area contributed by atoms with E-state index in [2.05, 4.69) is 11.3 Å². The lowest BCUT2D eigenvalue weighted by Crippen LogP contribution is -2.00. The van der Waals surface area contributed by atoms with E-state index in [4.69, 9.17) is 0 Å². The molecular formula is C12H16O2. The van der Waals surface area contributed by atoms with Crippen LogP contribution in [0.15, 0.2) is 30.8 Å². The first-order valence-electron chi connectivity index (χ1n) is 4.58. The summed E-state index contributed by atoms with van der Waals surface area (Å²) in [5.74, 6) is -0.314. The van der Waals surface area contributed by atoms with Crippen LogP contribution in [0.1, 0.15) is 29.8 Å². The van der Waals surface area contributed by atoms with Gasteiger partial charge >= 0.3 is 5.97 Å². The lowest BCUT2D eigenvalue weighted by atomic mass is 10.1. The Morgan fingerprint density at radius 2 is 1.79 bits per heavy atom. The molecule has 0 N–H and O–H groups in total. The summed E-state index contributed by atoms with van der Waals surface area (Å²) in [6, 6.07) is 7.06. The van der Waals surface area contributed by atoms with Crippen LogP contribution < -0.4 is 0 Å². The quantitative estimate of drug-likeness (QED) is 0.673. The third-order valence-electron chi connectivity index (χ3n) is 1.57. The number of esters is 1. The number of ether oxygens (including phenoxy) is 1. The molecule has 0 bridgehead atoms. The highest BCUT2D eigenvalue weighted by atomic mass is 16.5. The molecule has 0 unspecified atom stereocenters. The maximum absolute atomic E-state index is 11.0. The average molecular weight is 192 g/mol. The van der Waals surface area contributed by atoms with E-state index < -0.39 is 0 Å². The van der Waals surface area contributed by atoms with Crippen molar-refractivity contribution in [2.24, 2.45) is 0 Å². The molecule has 1 aromatic carbocycles. The molecule has 0 spiro atoms. The van der Waals surface area contributed by atoms with Gasteiger partial charge in [0, 0.05) is 0 Å². The second kappa shape index (κ2) is 6.89. The summed E-state index contributed by atoms with van der Waals surface area (Å²) in [6.45, 7) is 7.61. The van der Waals surface area contributed by atoms with Crippen molar-refractivity contribution in [3.05, 3.63) is 42.0 Å². The largest absolute Gasteiger partial charge is 0.465 e. The first-order valence-corrected chi connectivity index (χ1v) is 4.58. The zero-order chi connectivity index (χ0) is 11.0. The van der Waals surface area contributed by atoms with Gasteiger partial charge in [-0.05, 0) is 17.7 Å². The Kier molecular flexibility index (Phi) is 6.12. The third kappa shape index (κ3) is 3.44. The Balaban J connectivity index is 0.000000791. The van der Waals surface area contributed by atoms with E-state index in [9.17, 15) is 4.79 Å². The summed E-state index contributed by atoms with van der Waals surface area (Å²) in [4.78, 5) is 11.0. The van der Waals surface area contributed by atoms with Crippen molar-refractivity contribution in [1.29, 1.82) is 0 Å². The van der Waals surface area contributed by atoms with Crippen LogP contribution in [0.3, 0.4) is 0 Å².